The van der Waals surface area contributed by atoms with Gasteiger partial charge in [-0.1, -0.05) is 21.5 Å². The number of phenolic OH excluding ortho intramolecular Hbond substituents is 1. The summed E-state index contributed by atoms with van der Waals surface area (Å²) in [5, 5.41) is 9.32. The van der Waals surface area contributed by atoms with Crippen molar-refractivity contribution in [3.63, 3.8) is 0 Å². The van der Waals surface area contributed by atoms with Crippen LogP contribution in [0.4, 0.5) is 0 Å². The van der Waals surface area contributed by atoms with Crippen LogP contribution in [0.25, 0.3) is 0 Å². The minimum Gasteiger partial charge on any atom is -0.508 e. The molecule has 0 radical (unpaired) electrons. The van der Waals surface area contributed by atoms with Gasteiger partial charge < -0.3 is 10.8 Å². The van der Waals surface area contributed by atoms with Gasteiger partial charge in [0.1, 0.15) is 5.75 Å². The SMILES string of the molecule is C=C(C)C[C@H](N)c1cc(O)ccc1Br.Cl. The molecule has 0 bridgehead atoms. The number of aromatic hydroxyl groups is 1. The van der Waals surface area contributed by atoms with Gasteiger partial charge in [-0.2, -0.15) is 0 Å². The van der Waals surface area contributed by atoms with Crippen LogP contribution in [0.15, 0.2) is 34.8 Å². The smallest absolute Gasteiger partial charge is 0.115 e. The monoisotopic (exact) mass is 291 g/mol. The highest BCUT2D eigenvalue weighted by molar-refractivity contribution is 9.10. The Kier molecular flexibility index (Phi) is 5.95. The van der Waals surface area contributed by atoms with Crippen molar-refractivity contribution in [3.8, 4) is 5.75 Å². The minimum atomic E-state index is -0.117. The van der Waals surface area contributed by atoms with E-state index < -0.39 is 0 Å². The molecule has 2 nitrogen and oxygen atoms in total. The quantitative estimate of drug-likeness (QED) is 0.837. The number of halogens is 2. The molecule has 0 aliphatic carbocycles. The number of hydrogen-bond donors (Lipinski definition) is 2. The summed E-state index contributed by atoms with van der Waals surface area (Å²) in [6, 6.07) is 4.98. The Morgan fingerprint density at radius 1 is 1.60 bits per heavy atom. The summed E-state index contributed by atoms with van der Waals surface area (Å²) in [5.74, 6) is 0.236. The van der Waals surface area contributed by atoms with E-state index >= 15 is 0 Å². The third-order valence-corrected chi connectivity index (χ3v) is 2.67. The standard InChI is InChI=1S/C11H14BrNO.ClH/c1-7(2)5-11(13)9-6-8(14)3-4-10(9)12;/h3-4,6,11,14H,1,5,13H2,2H3;1H/t11-;/m0./s1. The molecule has 1 aromatic rings. The van der Waals surface area contributed by atoms with Crippen LogP contribution in [0.1, 0.15) is 24.9 Å². The molecule has 0 saturated carbocycles. The first-order valence-corrected chi connectivity index (χ1v) is 5.18. The maximum Gasteiger partial charge on any atom is 0.115 e. The van der Waals surface area contributed by atoms with Crippen LogP contribution in [0.3, 0.4) is 0 Å². The predicted molar refractivity (Wildman–Crippen MR) is 69.4 cm³/mol. The maximum atomic E-state index is 9.32. The molecule has 0 aromatic heterocycles. The Hall–Kier alpha value is -0.510. The van der Waals surface area contributed by atoms with E-state index in [0.717, 1.165) is 22.0 Å². The fourth-order valence-corrected chi connectivity index (χ4v) is 1.84. The van der Waals surface area contributed by atoms with Gasteiger partial charge in [0, 0.05) is 10.5 Å². The van der Waals surface area contributed by atoms with Crippen LogP contribution in [0, 0.1) is 0 Å². The summed E-state index contributed by atoms with van der Waals surface area (Å²) >= 11 is 3.40. The van der Waals surface area contributed by atoms with Crippen molar-refractivity contribution in [1.29, 1.82) is 0 Å². The maximum absolute atomic E-state index is 9.32. The lowest BCUT2D eigenvalue weighted by molar-refractivity contribution is 0.473. The second kappa shape index (κ2) is 6.16. The van der Waals surface area contributed by atoms with Crippen LogP contribution >= 0.6 is 28.3 Å². The molecule has 3 N–H and O–H groups in total. The summed E-state index contributed by atoms with van der Waals surface area (Å²) in [6.07, 6.45) is 0.724. The minimum absolute atomic E-state index is 0. The Morgan fingerprint density at radius 3 is 2.73 bits per heavy atom. The lowest BCUT2D eigenvalue weighted by Crippen LogP contribution is -2.10. The Labute approximate surface area is 105 Å². The topological polar surface area (TPSA) is 46.2 Å². The molecule has 1 aromatic carbocycles. The van der Waals surface area contributed by atoms with Crippen molar-refractivity contribution in [2.24, 2.45) is 5.73 Å². The molecule has 0 amide bonds. The van der Waals surface area contributed by atoms with E-state index in [1.165, 1.54) is 0 Å². The molecule has 0 spiro atoms. The molecule has 15 heavy (non-hydrogen) atoms. The lowest BCUT2D eigenvalue weighted by atomic mass is 10.0. The number of rotatable bonds is 3. The highest BCUT2D eigenvalue weighted by Crippen LogP contribution is 2.28. The first-order valence-electron chi connectivity index (χ1n) is 4.39. The molecule has 1 rings (SSSR count). The molecule has 0 heterocycles. The van der Waals surface area contributed by atoms with Gasteiger partial charge in [-0.05, 0) is 37.1 Å². The van der Waals surface area contributed by atoms with Crippen LogP contribution in [0.5, 0.6) is 5.75 Å². The van der Waals surface area contributed by atoms with Crippen LogP contribution in [-0.2, 0) is 0 Å². The van der Waals surface area contributed by atoms with Gasteiger partial charge in [0.05, 0.1) is 0 Å². The average Bonchev–Trinajstić information content (AvgIpc) is 2.08. The predicted octanol–water partition coefficient (Wildman–Crippen LogP) is 3.54. The summed E-state index contributed by atoms with van der Waals surface area (Å²) in [6.45, 7) is 5.76. The van der Waals surface area contributed by atoms with Gasteiger partial charge >= 0.3 is 0 Å². The number of nitrogens with two attached hydrogens (primary N) is 1. The molecule has 4 heteroatoms. The van der Waals surface area contributed by atoms with E-state index in [-0.39, 0.29) is 24.2 Å². The fraction of sp³-hybridized carbons (Fsp3) is 0.273. The highest BCUT2D eigenvalue weighted by atomic mass is 79.9. The van der Waals surface area contributed by atoms with E-state index in [2.05, 4.69) is 22.5 Å². The molecule has 1 atom stereocenters. The van der Waals surface area contributed by atoms with E-state index in [4.69, 9.17) is 5.73 Å². The Morgan fingerprint density at radius 2 is 2.20 bits per heavy atom. The molecule has 0 aliphatic heterocycles. The van der Waals surface area contributed by atoms with Crippen molar-refractivity contribution in [2.45, 2.75) is 19.4 Å². The van der Waals surface area contributed by atoms with Crippen LogP contribution in [-0.4, -0.2) is 5.11 Å². The third kappa shape index (κ3) is 4.24. The van der Waals surface area contributed by atoms with E-state index in [1.807, 2.05) is 6.92 Å². The van der Waals surface area contributed by atoms with Crippen LogP contribution in [0.2, 0.25) is 0 Å². The van der Waals surface area contributed by atoms with E-state index in [0.29, 0.717) is 0 Å². The molecule has 0 aliphatic rings. The first kappa shape index (κ1) is 14.5. The molecule has 0 unspecified atom stereocenters. The largest absolute Gasteiger partial charge is 0.508 e. The summed E-state index contributed by atoms with van der Waals surface area (Å²) in [4.78, 5) is 0. The average molecular weight is 293 g/mol. The third-order valence-electron chi connectivity index (χ3n) is 1.95. The fourth-order valence-electron chi connectivity index (χ4n) is 1.30. The number of benzene rings is 1. The highest BCUT2D eigenvalue weighted by Gasteiger charge is 2.10. The molecule has 0 fully saturated rings. The lowest BCUT2D eigenvalue weighted by Gasteiger charge is -2.13. The van der Waals surface area contributed by atoms with Gasteiger partial charge in [-0.15, -0.1) is 19.0 Å². The van der Waals surface area contributed by atoms with E-state index in [1.54, 1.807) is 18.2 Å². The van der Waals surface area contributed by atoms with E-state index in [9.17, 15) is 5.11 Å². The number of phenols is 1. The number of hydrogen-bond acceptors (Lipinski definition) is 2. The van der Waals surface area contributed by atoms with Gasteiger partial charge in [0.2, 0.25) is 0 Å². The second-order valence-corrected chi connectivity index (χ2v) is 4.33. The second-order valence-electron chi connectivity index (χ2n) is 3.47. The first-order chi connectivity index (χ1) is 6.50. The van der Waals surface area contributed by atoms with Gasteiger partial charge in [-0.25, -0.2) is 0 Å². The van der Waals surface area contributed by atoms with Crippen molar-refractivity contribution >= 4 is 28.3 Å². The zero-order chi connectivity index (χ0) is 10.7. The molecular formula is C11H15BrClNO. The van der Waals surface area contributed by atoms with Gasteiger partial charge in [0.15, 0.2) is 0 Å². The molecular weight excluding hydrogens is 277 g/mol. The summed E-state index contributed by atoms with van der Waals surface area (Å²) in [7, 11) is 0. The zero-order valence-electron chi connectivity index (χ0n) is 8.53. The molecule has 0 saturated heterocycles. The van der Waals surface area contributed by atoms with Crippen LogP contribution < -0.4 is 5.73 Å². The van der Waals surface area contributed by atoms with Crippen molar-refractivity contribution in [2.75, 3.05) is 0 Å². The zero-order valence-corrected chi connectivity index (χ0v) is 10.9. The van der Waals surface area contributed by atoms with Crippen molar-refractivity contribution in [1.82, 2.24) is 0 Å². The summed E-state index contributed by atoms with van der Waals surface area (Å²) in [5.41, 5.74) is 7.91. The van der Waals surface area contributed by atoms with Crippen molar-refractivity contribution in [3.05, 3.63) is 40.4 Å². The summed E-state index contributed by atoms with van der Waals surface area (Å²) < 4.78 is 0.920. The Bertz CT molecular complexity index is 354. The van der Waals surface area contributed by atoms with Crippen molar-refractivity contribution < 1.29 is 5.11 Å². The van der Waals surface area contributed by atoms with Gasteiger partial charge in [-0.3, -0.25) is 0 Å². The normalized spacial score (nSPS) is 11.7. The van der Waals surface area contributed by atoms with Gasteiger partial charge in [0.25, 0.3) is 0 Å². The molecule has 84 valence electrons. The Balaban J connectivity index is 0.00000196.